The maximum atomic E-state index is 12.8. The van der Waals surface area contributed by atoms with Crippen molar-refractivity contribution < 1.29 is 9.84 Å². The fraction of sp³-hybridized carbons (Fsp3) is 0.591. The Labute approximate surface area is 181 Å². The zero-order valence-electron chi connectivity index (χ0n) is 17.4. The Morgan fingerprint density at radius 2 is 2.13 bits per heavy atom. The first kappa shape index (κ1) is 21.3. The van der Waals surface area contributed by atoms with E-state index in [0.717, 1.165) is 36.9 Å². The SMILES string of the molecule is CCc1ncccc1CC1(O)CCN(c2cnn(C3CCCCO3)c(=O)c2Cl)CC1. The molecule has 0 radical (unpaired) electrons. The third kappa shape index (κ3) is 4.38. The second-order valence-corrected chi connectivity index (χ2v) is 8.64. The van der Waals surface area contributed by atoms with Gasteiger partial charge in [0.25, 0.3) is 5.56 Å². The summed E-state index contributed by atoms with van der Waals surface area (Å²) in [7, 11) is 0. The average molecular weight is 433 g/mol. The molecule has 4 rings (SSSR count). The lowest BCUT2D eigenvalue weighted by Crippen LogP contribution is -2.46. The van der Waals surface area contributed by atoms with Gasteiger partial charge in [0, 0.05) is 38.0 Å². The molecule has 4 heterocycles. The quantitative estimate of drug-likeness (QED) is 0.781. The molecule has 2 saturated heterocycles. The summed E-state index contributed by atoms with van der Waals surface area (Å²) in [6.45, 7) is 3.94. The predicted octanol–water partition coefficient (Wildman–Crippen LogP) is 3.13. The van der Waals surface area contributed by atoms with Crippen LogP contribution in [0.3, 0.4) is 0 Å². The van der Waals surface area contributed by atoms with Crippen LogP contribution in [0.25, 0.3) is 0 Å². The van der Waals surface area contributed by atoms with Gasteiger partial charge in [-0.25, -0.2) is 0 Å². The molecule has 1 atom stereocenters. The number of anilines is 1. The van der Waals surface area contributed by atoms with E-state index in [1.54, 1.807) is 12.4 Å². The second kappa shape index (κ2) is 9.04. The zero-order chi connectivity index (χ0) is 21.1. The number of rotatable bonds is 5. The van der Waals surface area contributed by atoms with E-state index in [9.17, 15) is 9.90 Å². The van der Waals surface area contributed by atoms with Gasteiger partial charge in [0.05, 0.1) is 17.5 Å². The van der Waals surface area contributed by atoms with Crippen LogP contribution in [-0.4, -0.2) is 45.2 Å². The molecule has 2 aliphatic rings. The Bertz CT molecular complexity index is 934. The minimum Gasteiger partial charge on any atom is -0.389 e. The maximum Gasteiger partial charge on any atom is 0.290 e. The molecule has 1 N–H and O–H groups in total. The van der Waals surface area contributed by atoms with Gasteiger partial charge >= 0.3 is 0 Å². The van der Waals surface area contributed by atoms with Gasteiger partial charge in [-0.1, -0.05) is 24.6 Å². The van der Waals surface area contributed by atoms with Crippen LogP contribution in [0.1, 0.15) is 56.5 Å². The summed E-state index contributed by atoms with van der Waals surface area (Å²) in [6.07, 6.45) is 8.53. The van der Waals surface area contributed by atoms with E-state index >= 15 is 0 Å². The van der Waals surface area contributed by atoms with Crippen LogP contribution in [-0.2, 0) is 17.6 Å². The molecule has 30 heavy (non-hydrogen) atoms. The number of nitrogens with zero attached hydrogens (tertiary/aromatic N) is 4. The predicted molar refractivity (Wildman–Crippen MR) is 116 cm³/mol. The fourth-order valence-electron chi connectivity index (χ4n) is 4.42. The van der Waals surface area contributed by atoms with E-state index in [-0.39, 0.29) is 16.8 Å². The molecule has 0 aromatic carbocycles. The molecule has 2 aliphatic heterocycles. The van der Waals surface area contributed by atoms with E-state index in [4.69, 9.17) is 16.3 Å². The van der Waals surface area contributed by atoms with Crippen molar-refractivity contribution in [3.63, 3.8) is 0 Å². The minimum absolute atomic E-state index is 0.171. The number of hydrogen-bond acceptors (Lipinski definition) is 6. The number of hydrogen-bond donors (Lipinski definition) is 1. The van der Waals surface area contributed by atoms with Crippen LogP contribution in [0.5, 0.6) is 0 Å². The molecular formula is C22H29ClN4O3. The molecule has 2 aromatic heterocycles. The molecule has 8 heteroatoms. The van der Waals surface area contributed by atoms with Gasteiger partial charge in [-0.2, -0.15) is 9.78 Å². The van der Waals surface area contributed by atoms with Crippen molar-refractivity contribution in [2.45, 2.75) is 63.7 Å². The maximum absolute atomic E-state index is 12.8. The highest BCUT2D eigenvalue weighted by atomic mass is 35.5. The number of ether oxygens (including phenoxy) is 1. The van der Waals surface area contributed by atoms with Crippen molar-refractivity contribution in [1.82, 2.24) is 14.8 Å². The summed E-state index contributed by atoms with van der Waals surface area (Å²) in [6, 6.07) is 3.97. The van der Waals surface area contributed by atoms with Crippen molar-refractivity contribution in [2.24, 2.45) is 0 Å². The van der Waals surface area contributed by atoms with Gasteiger partial charge < -0.3 is 14.7 Å². The molecule has 0 spiro atoms. The number of aliphatic hydroxyl groups is 1. The van der Waals surface area contributed by atoms with Gasteiger partial charge in [0.2, 0.25) is 0 Å². The normalized spacial score (nSPS) is 21.6. The Morgan fingerprint density at radius 3 is 2.83 bits per heavy atom. The molecule has 0 amide bonds. The Hall–Kier alpha value is -1.96. The first-order chi connectivity index (χ1) is 14.5. The van der Waals surface area contributed by atoms with E-state index in [0.29, 0.717) is 44.6 Å². The van der Waals surface area contributed by atoms with Crippen LogP contribution in [0.2, 0.25) is 5.02 Å². The van der Waals surface area contributed by atoms with Crippen LogP contribution < -0.4 is 10.5 Å². The van der Waals surface area contributed by atoms with E-state index < -0.39 is 5.60 Å². The minimum atomic E-state index is -0.783. The summed E-state index contributed by atoms with van der Waals surface area (Å²) in [5, 5.41) is 15.7. The van der Waals surface area contributed by atoms with Crippen LogP contribution >= 0.6 is 11.6 Å². The van der Waals surface area contributed by atoms with E-state index in [1.165, 1.54) is 4.68 Å². The lowest BCUT2D eigenvalue weighted by Gasteiger charge is -2.39. The molecule has 0 saturated carbocycles. The van der Waals surface area contributed by atoms with Gasteiger partial charge in [0.15, 0.2) is 6.23 Å². The van der Waals surface area contributed by atoms with Crippen molar-refractivity contribution in [2.75, 3.05) is 24.6 Å². The molecule has 2 fully saturated rings. The standard InChI is InChI=1S/C22H29ClN4O3/c1-2-17-16(6-5-10-24-17)14-22(29)8-11-26(12-9-22)18-15-25-27(21(28)20(18)23)19-7-3-4-13-30-19/h5-6,10,15,19,29H,2-4,7-9,11-14H2,1H3. The number of aryl methyl sites for hydroxylation is 1. The lowest BCUT2D eigenvalue weighted by atomic mass is 9.84. The van der Waals surface area contributed by atoms with Crippen molar-refractivity contribution >= 4 is 17.3 Å². The van der Waals surface area contributed by atoms with Gasteiger partial charge in [-0.15, -0.1) is 0 Å². The van der Waals surface area contributed by atoms with Gasteiger partial charge in [-0.05, 0) is 50.2 Å². The second-order valence-electron chi connectivity index (χ2n) is 8.27. The first-order valence-corrected chi connectivity index (χ1v) is 11.2. The fourth-order valence-corrected chi connectivity index (χ4v) is 4.68. The first-order valence-electron chi connectivity index (χ1n) is 10.8. The highest BCUT2D eigenvalue weighted by Crippen LogP contribution is 2.32. The molecule has 0 bridgehead atoms. The molecule has 0 aliphatic carbocycles. The molecule has 7 nitrogen and oxygen atoms in total. The van der Waals surface area contributed by atoms with Crippen LogP contribution in [0.4, 0.5) is 5.69 Å². The highest BCUT2D eigenvalue weighted by molar-refractivity contribution is 6.33. The average Bonchev–Trinajstić information content (AvgIpc) is 2.77. The van der Waals surface area contributed by atoms with Crippen LogP contribution in [0, 0.1) is 0 Å². The summed E-state index contributed by atoms with van der Waals surface area (Å²) >= 11 is 6.45. The Balaban J connectivity index is 1.46. The number of aromatic nitrogens is 3. The summed E-state index contributed by atoms with van der Waals surface area (Å²) in [5.41, 5.74) is 1.67. The van der Waals surface area contributed by atoms with E-state index in [2.05, 4.69) is 17.0 Å². The number of piperidine rings is 1. The summed E-state index contributed by atoms with van der Waals surface area (Å²) < 4.78 is 7.04. The Morgan fingerprint density at radius 1 is 1.33 bits per heavy atom. The molecular weight excluding hydrogens is 404 g/mol. The van der Waals surface area contributed by atoms with E-state index in [1.807, 2.05) is 17.0 Å². The Kier molecular flexibility index (Phi) is 6.41. The summed E-state index contributed by atoms with van der Waals surface area (Å²) in [4.78, 5) is 19.2. The van der Waals surface area contributed by atoms with Crippen molar-refractivity contribution in [1.29, 1.82) is 0 Å². The largest absolute Gasteiger partial charge is 0.389 e. The van der Waals surface area contributed by atoms with Gasteiger partial charge in [-0.3, -0.25) is 9.78 Å². The summed E-state index contributed by atoms with van der Waals surface area (Å²) in [5.74, 6) is 0. The van der Waals surface area contributed by atoms with Crippen molar-refractivity contribution in [3.8, 4) is 0 Å². The van der Waals surface area contributed by atoms with Crippen molar-refractivity contribution in [3.05, 3.63) is 51.2 Å². The lowest BCUT2D eigenvalue weighted by molar-refractivity contribution is -0.0424. The number of halogens is 1. The third-order valence-electron chi connectivity index (χ3n) is 6.23. The molecule has 162 valence electrons. The molecule has 1 unspecified atom stereocenters. The smallest absolute Gasteiger partial charge is 0.290 e. The van der Waals surface area contributed by atoms with Crippen LogP contribution in [0.15, 0.2) is 29.3 Å². The zero-order valence-corrected chi connectivity index (χ0v) is 18.1. The number of pyridine rings is 1. The third-order valence-corrected chi connectivity index (χ3v) is 6.58. The topological polar surface area (TPSA) is 80.5 Å². The highest BCUT2D eigenvalue weighted by Gasteiger charge is 2.34. The van der Waals surface area contributed by atoms with Gasteiger partial charge in [0.1, 0.15) is 5.02 Å². The molecule has 2 aromatic rings. The monoisotopic (exact) mass is 432 g/mol.